The van der Waals surface area contributed by atoms with E-state index in [1.165, 1.54) is 10.9 Å². The Morgan fingerprint density at radius 2 is 1.95 bits per heavy atom. The summed E-state index contributed by atoms with van der Waals surface area (Å²) in [7, 11) is 0. The molecule has 3 aromatic rings. The molecule has 0 bridgehead atoms. The summed E-state index contributed by atoms with van der Waals surface area (Å²) in [6, 6.07) is 12.2. The molecule has 4 rings (SSSR count). The maximum atomic E-state index is 4.48. The summed E-state index contributed by atoms with van der Waals surface area (Å²) in [6.45, 7) is 0. The van der Waals surface area contributed by atoms with Gasteiger partial charge in [-0.15, -0.1) is 0 Å². The second-order valence-electron chi connectivity index (χ2n) is 4.47. The van der Waals surface area contributed by atoms with E-state index in [0.717, 1.165) is 22.6 Å². The summed E-state index contributed by atoms with van der Waals surface area (Å²) in [6.07, 6.45) is 7.66. The van der Waals surface area contributed by atoms with Crippen molar-refractivity contribution in [2.24, 2.45) is 4.99 Å². The molecule has 0 aliphatic carbocycles. The van der Waals surface area contributed by atoms with Gasteiger partial charge < -0.3 is 4.98 Å². The average molecular weight is 245 g/mol. The topological polar surface area (TPSA) is 41.0 Å². The molecule has 3 heterocycles. The van der Waals surface area contributed by atoms with E-state index in [4.69, 9.17) is 0 Å². The number of aliphatic imine (C=N–C) groups is 1. The third kappa shape index (κ3) is 1.52. The molecule has 0 fully saturated rings. The van der Waals surface area contributed by atoms with Gasteiger partial charge in [0.2, 0.25) is 0 Å². The number of aromatic nitrogens is 2. The average Bonchev–Trinajstić information content (AvgIpc) is 2.79. The highest BCUT2D eigenvalue weighted by Crippen LogP contribution is 2.35. The van der Waals surface area contributed by atoms with E-state index in [2.05, 4.69) is 39.2 Å². The molecule has 1 aliphatic rings. The first-order chi connectivity index (χ1) is 9.43. The van der Waals surface area contributed by atoms with E-state index in [1.807, 2.05) is 30.5 Å². The standard InChI is InChI=1S/C16H11N3/c1-2-7-13-11(5-1)12-6-3-9-17-14-8-4-10-18-16(14)15(12)19-13/h1-10,19H. The van der Waals surface area contributed by atoms with Crippen LogP contribution in [0.4, 0.5) is 5.69 Å². The smallest absolute Gasteiger partial charge is 0.113 e. The molecule has 0 saturated heterocycles. The van der Waals surface area contributed by atoms with Crippen LogP contribution in [0.25, 0.3) is 28.4 Å². The van der Waals surface area contributed by atoms with Gasteiger partial charge >= 0.3 is 0 Å². The van der Waals surface area contributed by atoms with Crippen LogP contribution in [0, 0.1) is 0 Å². The van der Waals surface area contributed by atoms with Crippen molar-refractivity contribution < 1.29 is 0 Å². The van der Waals surface area contributed by atoms with Gasteiger partial charge in [-0.3, -0.25) is 9.98 Å². The van der Waals surface area contributed by atoms with Crippen molar-refractivity contribution in [3.05, 3.63) is 54.2 Å². The predicted octanol–water partition coefficient (Wildman–Crippen LogP) is 3.96. The number of hydrogen-bond donors (Lipinski definition) is 1. The number of H-pyrrole nitrogens is 1. The Morgan fingerprint density at radius 1 is 1.00 bits per heavy atom. The lowest BCUT2D eigenvalue weighted by atomic mass is 10.1. The number of nitrogens with one attached hydrogen (secondary N) is 1. The molecule has 3 nitrogen and oxygen atoms in total. The van der Waals surface area contributed by atoms with Gasteiger partial charge in [-0.25, -0.2) is 0 Å². The summed E-state index contributed by atoms with van der Waals surface area (Å²) < 4.78 is 0. The zero-order valence-corrected chi connectivity index (χ0v) is 10.2. The molecule has 1 aliphatic heterocycles. The fourth-order valence-electron chi connectivity index (χ4n) is 2.48. The van der Waals surface area contributed by atoms with E-state index in [1.54, 1.807) is 6.20 Å². The van der Waals surface area contributed by atoms with E-state index >= 15 is 0 Å². The number of rotatable bonds is 0. The van der Waals surface area contributed by atoms with E-state index in [0.29, 0.717) is 0 Å². The summed E-state index contributed by atoms with van der Waals surface area (Å²) in [5.74, 6) is 0. The number of para-hydroxylation sites is 1. The normalized spacial score (nSPS) is 12.8. The number of nitrogens with zero attached hydrogens (tertiary/aromatic N) is 2. The molecule has 0 amide bonds. The molecule has 0 spiro atoms. The molecule has 3 heteroatoms. The van der Waals surface area contributed by atoms with Crippen molar-refractivity contribution >= 4 is 28.9 Å². The van der Waals surface area contributed by atoms with Crippen LogP contribution in [0.2, 0.25) is 0 Å². The van der Waals surface area contributed by atoms with Crippen LogP contribution in [0.1, 0.15) is 5.56 Å². The Morgan fingerprint density at radius 3 is 2.95 bits per heavy atom. The zero-order valence-electron chi connectivity index (χ0n) is 10.2. The van der Waals surface area contributed by atoms with Gasteiger partial charge in [0, 0.05) is 28.9 Å². The predicted molar refractivity (Wildman–Crippen MR) is 78.7 cm³/mol. The Kier molecular flexibility index (Phi) is 2.12. The molecule has 0 saturated carbocycles. The van der Waals surface area contributed by atoms with Crippen molar-refractivity contribution in [1.82, 2.24) is 9.97 Å². The largest absolute Gasteiger partial charge is 0.353 e. The monoisotopic (exact) mass is 245 g/mol. The molecule has 0 unspecified atom stereocenters. The molecular formula is C16H11N3. The first-order valence-corrected chi connectivity index (χ1v) is 6.20. The minimum atomic E-state index is 0.889. The van der Waals surface area contributed by atoms with Gasteiger partial charge in [0.1, 0.15) is 5.69 Å². The zero-order chi connectivity index (χ0) is 12.7. The maximum Gasteiger partial charge on any atom is 0.113 e. The van der Waals surface area contributed by atoms with E-state index in [9.17, 15) is 0 Å². The first-order valence-electron chi connectivity index (χ1n) is 6.20. The Balaban J connectivity index is 2.14. The van der Waals surface area contributed by atoms with Crippen molar-refractivity contribution in [2.75, 3.05) is 0 Å². The van der Waals surface area contributed by atoms with Crippen LogP contribution >= 0.6 is 0 Å². The molecule has 2 aromatic heterocycles. The lowest BCUT2D eigenvalue weighted by Crippen LogP contribution is -1.88. The lowest BCUT2D eigenvalue weighted by Gasteiger charge is -2.05. The summed E-state index contributed by atoms with van der Waals surface area (Å²) in [4.78, 5) is 12.4. The number of benzene rings is 1. The minimum absolute atomic E-state index is 0.889. The summed E-state index contributed by atoms with van der Waals surface area (Å²) in [5.41, 5.74) is 5.11. The third-order valence-electron chi connectivity index (χ3n) is 3.33. The van der Waals surface area contributed by atoms with Gasteiger partial charge in [-0.1, -0.05) is 24.3 Å². The van der Waals surface area contributed by atoms with Crippen molar-refractivity contribution in [1.29, 1.82) is 0 Å². The van der Waals surface area contributed by atoms with Gasteiger partial charge in [-0.05, 0) is 24.3 Å². The quantitative estimate of drug-likeness (QED) is 0.640. The number of pyridine rings is 1. The lowest BCUT2D eigenvalue weighted by molar-refractivity contribution is 1.27. The van der Waals surface area contributed by atoms with Crippen LogP contribution in [0.15, 0.2) is 53.7 Å². The summed E-state index contributed by atoms with van der Waals surface area (Å²) in [5, 5.41) is 1.21. The minimum Gasteiger partial charge on any atom is -0.353 e. The van der Waals surface area contributed by atoms with Gasteiger partial charge in [-0.2, -0.15) is 0 Å². The number of hydrogen-bond acceptors (Lipinski definition) is 2. The van der Waals surface area contributed by atoms with Crippen LogP contribution in [0.3, 0.4) is 0 Å². The van der Waals surface area contributed by atoms with Crippen molar-refractivity contribution in [3.63, 3.8) is 0 Å². The van der Waals surface area contributed by atoms with Gasteiger partial charge in [0.15, 0.2) is 0 Å². The van der Waals surface area contributed by atoms with Crippen LogP contribution in [-0.4, -0.2) is 16.2 Å². The highest BCUT2D eigenvalue weighted by molar-refractivity contribution is 6.00. The van der Waals surface area contributed by atoms with Crippen molar-refractivity contribution in [2.45, 2.75) is 0 Å². The Bertz CT molecular complexity index is 825. The molecule has 0 radical (unpaired) electrons. The second kappa shape index (κ2) is 3.92. The molecule has 0 atom stereocenters. The number of allylic oxidation sites excluding steroid dienone is 1. The molecule has 1 N–H and O–H groups in total. The SMILES string of the molecule is C1=Cc2c([nH]c3ccccc23)-c2ncccc2N=C1. The fourth-order valence-corrected chi connectivity index (χ4v) is 2.48. The Labute approximate surface area is 110 Å². The fraction of sp³-hybridized carbons (Fsp3) is 0. The summed E-state index contributed by atoms with van der Waals surface area (Å²) >= 11 is 0. The molecular weight excluding hydrogens is 234 g/mol. The molecule has 19 heavy (non-hydrogen) atoms. The Hall–Kier alpha value is -2.68. The molecule has 1 aromatic carbocycles. The number of fused-ring (bicyclic) bond motifs is 5. The number of aromatic amines is 1. The van der Waals surface area contributed by atoms with Gasteiger partial charge in [0.05, 0.1) is 11.4 Å². The van der Waals surface area contributed by atoms with Gasteiger partial charge in [0.25, 0.3) is 0 Å². The first kappa shape index (κ1) is 10.3. The van der Waals surface area contributed by atoms with Crippen LogP contribution in [-0.2, 0) is 0 Å². The van der Waals surface area contributed by atoms with E-state index in [-0.39, 0.29) is 0 Å². The van der Waals surface area contributed by atoms with Crippen molar-refractivity contribution in [3.8, 4) is 11.4 Å². The molecule has 90 valence electrons. The third-order valence-corrected chi connectivity index (χ3v) is 3.33. The van der Waals surface area contributed by atoms with E-state index < -0.39 is 0 Å². The second-order valence-corrected chi connectivity index (χ2v) is 4.47. The maximum absolute atomic E-state index is 4.48. The highest BCUT2D eigenvalue weighted by Gasteiger charge is 2.15. The van der Waals surface area contributed by atoms with Crippen LogP contribution in [0.5, 0.6) is 0 Å². The van der Waals surface area contributed by atoms with Crippen LogP contribution < -0.4 is 0 Å². The highest BCUT2D eigenvalue weighted by atomic mass is 14.8.